The van der Waals surface area contributed by atoms with Crippen LogP contribution in [-0.2, 0) is 16.1 Å². The number of benzene rings is 3. The molecule has 1 aromatic heterocycles. The second kappa shape index (κ2) is 10.5. The van der Waals surface area contributed by atoms with Gasteiger partial charge in [0.1, 0.15) is 5.82 Å². The molecule has 3 heterocycles. The number of halogens is 1. The molecule has 0 aliphatic carbocycles. The van der Waals surface area contributed by atoms with Crippen molar-refractivity contribution in [2.75, 3.05) is 38.3 Å². The van der Waals surface area contributed by atoms with E-state index in [1.54, 1.807) is 24.1 Å². The third-order valence-electron chi connectivity index (χ3n) is 6.79. The molecule has 0 radical (unpaired) electrons. The summed E-state index contributed by atoms with van der Waals surface area (Å²) in [6.45, 7) is 3.86. The maximum absolute atomic E-state index is 13.6. The molecular weight excluding hydrogens is 499 g/mol. The Hall–Kier alpha value is -3.88. The number of amidine groups is 1. The van der Waals surface area contributed by atoms with Crippen molar-refractivity contribution in [3.05, 3.63) is 101 Å². The predicted molar refractivity (Wildman–Crippen MR) is 152 cm³/mol. The predicted octanol–water partition coefficient (Wildman–Crippen LogP) is 5.90. The van der Waals surface area contributed by atoms with Crippen molar-refractivity contribution in [2.24, 2.45) is 4.99 Å². The Morgan fingerprint density at radius 2 is 1.84 bits per heavy atom. The first-order chi connectivity index (χ1) is 18.5. The number of nitrogens with zero attached hydrogens (tertiary/aromatic N) is 4. The van der Waals surface area contributed by atoms with Crippen molar-refractivity contribution >= 4 is 51.2 Å². The number of carbonyl (C=O) groups excluding carboxylic acids is 1. The molecule has 192 valence electrons. The molecule has 0 atom stereocenters. The van der Waals surface area contributed by atoms with E-state index < -0.39 is 0 Å². The van der Waals surface area contributed by atoms with Crippen molar-refractivity contribution < 1.29 is 13.9 Å². The fourth-order valence-electron chi connectivity index (χ4n) is 4.75. The van der Waals surface area contributed by atoms with Crippen LogP contribution in [0.3, 0.4) is 0 Å². The Morgan fingerprint density at radius 1 is 1.03 bits per heavy atom. The first-order valence-electron chi connectivity index (χ1n) is 12.6. The fourth-order valence-corrected chi connectivity index (χ4v) is 5.74. The molecule has 8 heteroatoms. The van der Waals surface area contributed by atoms with Crippen LogP contribution in [0.25, 0.3) is 17.0 Å². The molecule has 0 N–H and O–H groups in total. The number of morpholine rings is 1. The summed E-state index contributed by atoms with van der Waals surface area (Å²) < 4.78 is 21.1. The zero-order valence-electron chi connectivity index (χ0n) is 21.0. The number of aliphatic imine (C=N–C) groups is 1. The highest BCUT2D eigenvalue weighted by molar-refractivity contribution is 8.18. The normalized spacial score (nSPS) is 18.3. The molecule has 0 saturated carbocycles. The van der Waals surface area contributed by atoms with Gasteiger partial charge in [0.15, 0.2) is 5.17 Å². The van der Waals surface area contributed by atoms with E-state index in [9.17, 15) is 9.18 Å². The summed E-state index contributed by atoms with van der Waals surface area (Å²) in [4.78, 5) is 22.2. The second-order valence-corrected chi connectivity index (χ2v) is 10.4. The van der Waals surface area contributed by atoms with E-state index in [1.165, 1.54) is 17.8 Å². The monoisotopic (exact) mass is 526 g/mol. The van der Waals surface area contributed by atoms with Crippen LogP contribution in [0.4, 0.5) is 15.8 Å². The number of ether oxygens (including phenoxy) is 1. The molecule has 2 aliphatic heterocycles. The molecule has 2 fully saturated rings. The maximum Gasteiger partial charge on any atom is 0.266 e. The Labute approximate surface area is 225 Å². The van der Waals surface area contributed by atoms with Crippen LogP contribution in [0.5, 0.6) is 0 Å². The standard InChI is InChI=1S/C30H27FN4O2S/c1-33-29(36)28(38-30(33)32-25-6-8-26(9-7-25)34-13-15-37-16-14-34)19-21-5-10-27-23(17-21)11-12-35(27)20-22-3-2-4-24(31)18-22/h2-12,17-19H,13-16,20H2,1H3/b28-19+,32-30?. The van der Waals surface area contributed by atoms with Gasteiger partial charge in [-0.1, -0.05) is 18.2 Å². The maximum atomic E-state index is 13.6. The summed E-state index contributed by atoms with van der Waals surface area (Å²) in [5, 5.41) is 1.72. The molecule has 6 nitrogen and oxygen atoms in total. The first kappa shape index (κ1) is 24.5. The second-order valence-electron chi connectivity index (χ2n) is 9.38. The Bertz CT molecular complexity index is 1550. The van der Waals surface area contributed by atoms with Crippen LogP contribution in [0.1, 0.15) is 11.1 Å². The summed E-state index contributed by atoms with van der Waals surface area (Å²) in [7, 11) is 1.76. The van der Waals surface area contributed by atoms with Crippen LogP contribution < -0.4 is 4.90 Å². The minimum absolute atomic E-state index is 0.0672. The number of aromatic nitrogens is 1. The van der Waals surface area contributed by atoms with Gasteiger partial charge in [0.25, 0.3) is 5.91 Å². The summed E-state index contributed by atoms with van der Waals surface area (Å²) >= 11 is 1.38. The number of amides is 1. The van der Waals surface area contributed by atoms with Crippen LogP contribution >= 0.6 is 11.8 Å². The average molecular weight is 527 g/mol. The quantitative estimate of drug-likeness (QED) is 0.304. The lowest BCUT2D eigenvalue weighted by Gasteiger charge is -2.28. The van der Waals surface area contributed by atoms with Crippen molar-refractivity contribution in [1.29, 1.82) is 0 Å². The smallest absolute Gasteiger partial charge is 0.266 e. The molecule has 0 bridgehead atoms. The Balaban J connectivity index is 1.19. The lowest BCUT2D eigenvalue weighted by atomic mass is 10.1. The molecule has 6 rings (SSSR count). The molecular formula is C30H27FN4O2S. The highest BCUT2D eigenvalue weighted by atomic mass is 32.2. The lowest BCUT2D eigenvalue weighted by Crippen LogP contribution is -2.36. The zero-order chi connectivity index (χ0) is 26.1. The van der Waals surface area contributed by atoms with Gasteiger partial charge in [-0.05, 0) is 83.6 Å². The lowest BCUT2D eigenvalue weighted by molar-refractivity contribution is -0.121. The SMILES string of the molecule is CN1C(=O)/C(=C\c2ccc3c(ccn3Cc3cccc(F)c3)c2)SC1=Nc1ccc(N2CCOCC2)cc1. The number of hydrogen-bond acceptors (Lipinski definition) is 5. The number of likely N-dealkylation sites (N-methyl/N-ethyl adjacent to an activating group) is 1. The van der Waals surface area contributed by atoms with E-state index in [2.05, 4.69) is 27.7 Å². The largest absolute Gasteiger partial charge is 0.378 e. The number of rotatable bonds is 5. The summed E-state index contributed by atoms with van der Waals surface area (Å²) in [6, 6.07) is 22.9. The van der Waals surface area contributed by atoms with Gasteiger partial charge in [-0.15, -0.1) is 0 Å². The molecule has 0 unspecified atom stereocenters. The van der Waals surface area contributed by atoms with Gasteiger partial charge >= 0.3 is 0 Å². The van der Waals surface area contributed by atoms with Crippen molar-refractivity contribution in [3.63, 3.8) is 0 Å². The minimum atomic E-state index is -0.232. The molecule has 4 aromatic rings. The highest BCUT2D eigenvalue weighted by Crippen LogP contribution is 2.34. The number of anilines is 1. The summed E-state index contributed by atoms with van der Waals surface area (Å²) in [5.41, 5.74) is 4.88. The fraction of sp³-hybridized carbons (Fsp3) is 0.200. The first-order valence-corrected chi connectivity index (χ1v) is 13.4. The van der Waals surface area contributed by atoms with Crippen molar-refractivity contribution in [1.82, 2.24) is 9.47 Å². The van der Waals surface area contributed by atoms with Crippen molar-refractivity contribution in [2.45, 2.75) is 6.54 Å². The van der Waals surface area contributed by atoms with E-state index in [0.717, 1.165) is 59.7 Å². The van der Waals surface area contributed by atoms with Gasteiger partial charge in [-0.2, -0.15) is 0 Å². The van der Waals surface area contributed by atoms with Gasteiger partial charge in [-0.25, -0.2) is 9.38 Å². The molecule has 3 aromatic carbocycles. The molecule has 2 saturated heterocycles. The Kier molecular flexibility index (Phi) is 6.74. The zero-order valence-corrected chi connectivity index (χ0v) is 21.8. The summed E-state index contributed by atoms with van der Waals surface area (Å²) in [6.07, 6.45) is 3.92. The number of thioether (sulfide) groups is 1. The van der Waals surface area contributed by atoms with Gasteiger partial charge < -0.3 is 14.2 Å². The number of fused-ring (bicyclic) bond motifs is 1. The molecule has 1 amide bonds. The minimum Gasteiger partial charge on any atom is -0.378 e. The van der Waals surface area contributed by atoms with E-state index in [1.807, 2.05) is 48.7 Å². The summed E-state index contributed by atoms with van der Waals surface area (Å²) in [5.74, 6) is -0.299. The van der Waals surface area contributed by atoms with E-state index in [-0.39, 0.29) is 11.7 Å². The van der Waals surface area contributed by atoms with E-state index >= 15 is 0 Å². The topological polar surface area (TPSA) is 50.1 Å². The molecule has 38 heavy (non-hydrogen) atoms. The van der Waals surface area contributed by atoms with Gasteiger partial charge in [-0.3, -0.25) is 9.69 Å². The third kappa shape index (κ3) is 5.10. The van der Waals surface area contributed by atoms with Gasteiger partial charge in [0.2, 0.25) is 0 Å². The van der Waals surface area contributed by atoms with Crippen LogP contribution in [0, 0.1) is 5.82 Å². The van der Waals surface area contributed by atoms with Crippen LogP contribution in [0.15, 0.2) is 88.9 Å². The molecule has 2 aliphatic rings. The molecule has 0 spiro atoms. The highest BCUT2D eigenvalue weighted by Gasteiger charge is 2.30. The van der Waals surface area contributed by atoms with Crippen LogP contribution in [-0.4, -0.2) is 53.9 Å². The van der Waals surface area contributed by atoms with E-state index in [0.29, 0.717) is 16.6 Å². The number of hydrogen-bond donors (Lipinski definition) is 0. The Morgan fingerprint density at radius 3 is 2.63 bits per heavy atom. The van der Waals surface area contributed by atoms with Crippen molar-refractivity contribution in [3.8, 4) is 0 Å². The van der Waals surface area contributed by atoms with E-state index in [4.69, 9.17) is 9.73 Å². The average Bonchev–Trinajstić information content (AvgIpc) is 3.45. The number of carbonyl (C=O) groups is 1. The van der Waals surface area contributed by atoms with Gasteiger partial charge in [0, 0.05) is 49.5 Å². The third-order valence-corrected chi connectivity index (χ3v) is 7.85. The van der Waals surface area contributed by atoms with Gasteiger partial charge in [0.05, 0.1) is 23.8 Å². The van der Waals surface area contributed by atoms with Crippen LogP contribution in [0.2, 0.25) is 0 Å².